The molecular formula is C14H17ClF7NO. The Hall–Kier alpha value is -1.06. The smallest absolute Gasteiger partial charge is 0.391 e. The lowest BCUT2D eigenvalue weighted by Gasteiger charge is -2.32. The van der Waals surface area contributed by atoms with Gasteiger partial charge in [-0.05, 0) is 17.5 Å². The third-order valence-corrected chi connectivity index (χ3v) is 3.32. The lowest BCUT2D eigenvalue weighted by molar-refractivity contribution is -0.144. The molecule has 0 radical (unpaired) electrons. The number of aliphatic hydroxyl groups excluding tert-OH is 1. The van der Waals surface area contributed by atoms with Gasteiger partial charge < -0.3 is 10.8 Å². The first-order valence-corrected chi connectivity index (χ1v) is 6.48. The van der Waals surface area contributed by atoms with Crippen molar-refractivity contribution >= 4 is 12.4 Å². The molecule has 0 aromatic heterocycles. The molecule has 0 bridgehead atoms. The quantitative estimate of drug-likeness (QED) is 0.728. The Morgan fingerprint density at radius 3 is 1.75 bits per heavy atom. The predicted octanol–water partition coefficient (Wildman–Crippen LogP) is 4.69. The van der Waals surface area contributed by atoms with Gasteiger partial charge in [-0.15, -0.1) is 12.4 Å². The number of nitrogens with two attached hydrogens (primary N) is 1. The molecule has 0 amide bonds. The first kappa shape index (κ1) is 22.9. The van der Waals surface area contributed by atoms with Crippen LogP contribution in [0.1, 0.15) is 43.5 Å². The molecule has 1 rings (SSSR count). The van der Waals surface area contributed by atoms with Gasteiger partial charge >= 0.3 is 12.4 Å². The van der Waals surface area contributed by atoms with Gasteiger partial charge in [-0.25, -0.2) is 4.39 Å². The molecule has 24 heavy (non-hydrogen) atoms. The minimum Gasteiger partial charge on any atom is -0.391 e. The van der Waals surface area contributed by atoms with E-state index in [2.05, 4.69) is 0 Å². The summed E-state index contributed by atoms with van der Waals surface area (Å²) in [6, 6.07) is -2.10. The fourth-order valence-corrected chi connectivity index (χ4v) is 2.05. The molecule has 0 fully saturated rings. The van der Waals surface area contributed by atoms with E-state index in [1.165, 1.54) is 20.8 Å². The molecule has 0 heterocycles. The van der Waals surface area contributed by atoms with Gasteiger partial charge in [-0.3, -0.25) is 0 Å². The van der Waals surface area contributed by atoms with Crippen molar-refractivity contribution in [2.45, 2.75) is 45.3 Å². The predicted molar refractivity (Wildman–Crippen MR) is 76.0 cm³/mol. The van der Waals surface area contributed by atoms with Crippen LogP contribution in [0.5, 0.6) is 0 Å². The zero-order chi connectivity index (χ0) is 18.4. The molecule has 2 nitrogen and oxygen atoms in total. The van der Waals surface area contributed by atoms with Gasteiger partial charge in [0.05, 0.1) is 23.3 Å². The van der Waals surface area contributed by atoms with E-state index < -0.39 is 52.4 Å². The summed E-state index contributed by atoms with van der Waals surface area (Å²) in [7, 11) is 0. The van der Waals surface area contributed by atoms with Crippen LogP contribution in [-0.2, 0) is 12.4 Å². The van der Waals surface area contributed by atoms with Gasteiger partial charge in [0.15, 0.2) is 0 Å². The molecule has 0 saturated heterocycles. The minimum atomic E-state index is -5.26. The highest BCUT2D eigenvalue weighted by Crippen LogP contribution is 2.42. The van der Waals surface area contributed by atoms with Gasteiger partial charge in [0, 0.05) is 5.56 Å². The van der Waals surface area contributed by atoms with Crippen LogP contribution in [0.25, 0.3) is 0 Å². The minimum absolute atomic E-state index is 0. The molecule has 3 N–H and O–H groups in total. The molecule has 0 aliphatic carbocycles. The highest BCUT2D eigenvalue weighted by molar-refractivity contribution is 5.85. The van der Waals surface area contributed by atoms with Gasteiger partial charge in [0.2, 0.25) is 0 Å². The molecule has 0 saturated carbocycles. The topological polar surface area (TPSA) is 46.2 Å². The largest absolute Gasteiger partial charge is 0.416 e. The number of benzene rings is 1. The molecule has 1 aromatic carbocycles. The maximum absolute atomic E-state index is 14.0. The van der Waals surface area contributed by atoms with Crippen molar-refractivity contribution in [1.29, 1.82) is 0 Å². The average Bonchev–Trinajstić information content (AvgIpc) is 2.32. The van der Waals surface area contributed by atoms with Crippen LogP contribution in [0, 0.1) is 11.2 Å². The Morgan fingerprint density at radius 2 is 1.42 bits per heavy atom. The molecule has 1 aromatic rings. The van der Waals surface area contributed by atoms with Crippen molar-refractivity contribution in [1.82, 2.24) is 0 Å². The Balaban J connectivity index is 0.00000529. The monoisotopic (exact) mass is 383 g/mol. The van der Waals surface area contributed by atoms with E-state index in [0.717, 1.165) is 0 Å². The lowest BCUT2D eigenvalue weighted by atomic mass is 9.81. The number of alkyl halides is 6. The van der Waals surface area contributed by atoms with Gasteiger partial charge in [-0.2, -0.15) is 26.3 Å². The lowest BCUT2D eigenvalue weighted by Crippen LogP contribution is -2.38. The molecule has 140 valence electrons. The number of hydrogen-bond acceptors (Lipinski definition) is 2. The van der Waals surface area contributed by atoms with E-state index in [1.54, 1.807) is 0 Å². The standard InChI is InChI=1S/C14H16F7NO.ClH/c1-12(2,3)11(23)10(22)9-7(14(19,20)21)4-6(5-8(9)15)13(16,17)18;/h4-5,10-11,23H,22H2,1-3H3;1H/t10-,11-;/m0./s1. The molecular weight excluding hydrogens is 367 g/mol. The van der Waals surface area contributed by atoms with E-state index >= 15 is 0 Å². The normalized spacial score (nSPS) is 15.7. The van der Waals surface area contributed by atoms with E-state index in [1.807, 2.05) is 0 Å². The summed E-state index contributed by atoms with van der Waals surface area (Å²) in [6.07, 6.45) is -12.0. The zero-order valence-corrected chi connectivity index (χ0v) is 13.7. The van der Waals surface area contributed by atoms with Gasteiger partial charge in [-0.1, -0.05) is 20.8 Å². The molecule has 0 spiro atoms. The summed E-state index contributed by atoms with van der Waals surface area (Å²) in [5.41, 5.74) is -0.300. The van der Waals surface area contributed by atoms with E-state index in [9.17, 15) is 35.8 Å². The van der Waals surface area contributed by atoms with Crippen LogP contribution in [0.2, 0.25) is 0 Å². The van der Waals surface area contributed by atoms with E-state index in [4.69, 9.17) is 5.73 Å². The first-order chi connectivity index (χ1) is 10.1. The van der Waals surface area contributed by atoms with Crippen LogP contribution in [0.4, 0.5) is 30.7 Å². The summed E-state index contributed by atoms with van der Waals surface area (Å²) >= 11 is 0. The summed E-state index contributed by atoms with van der Waals surface area (Å²) in [5.74, 6) is -1.76. The number of aliphatic hydroxyl groups is 1. The third kappa shape index (κ3) is 4.97. The first-order valence-electron chi connectivity index (χ1n) is 6.48. The molecule has 10 heteroatoms. The van der Waals surface area contributed by atoms with E-state index in [0.29, 0.717) is 0 Å². The van der Waals surface area contributed by atoms with Crippen molar-refractivity contribution in [2.75, 3.05) is 0 Å². The fraction of sp³-hybridized carbons (Fsp3) is 0.571. The van der Waals surface area contributed by atoms with Crippen molar-refractivity contribution in [2.24, 2.45) is 11.1 Å². The van der Waals surface area contributed by atoms with Crippen molar-refractivity contribution in [3.05, 3.63) is 34.6 Å². The van der Waals surface area contributed by atoms with Crippen LogP contribution in [0.3, 0.4) is 0 Å². The van der Waals surface area contributed by atoms with Gasteiger partial charge in [0.1, 0.15) is 5.82 Å². The van der Waals surface area contributed by atoms with Crippen LogP contribution >= 0.6 is 12.4 Å². The summed E-state index contributed by atoms with van der Waals surface area (Å²) in [5, 5.41) is 9.97. The maximum Gasteiger partial charge on any atom is 0.416 e. The Labute approximate surface area is 140 Å². The van der Waals surface area contributed by atoms with E-state index in [-0.39, 0.29) is 24.5 Å². The molecule has 2 atom stereocenters. The maximum atomic E-state index is 14.0. The number of hydrogen-bond donors (Lipinski definition) is 2. The van der Waals surface area contributed by atoms with Crippen LogP contribution in [0.15, 0.2) is 12.1 Å². The molecule has 0 aliphatic heterocycles. The van der Waals surface area contributed by atoms with Crippen LogP contribution < -0.4 is 5.73 Å². The summed E-state index contributed by atoms with van der Waals surface area (Å²) < 4.78 is 90.9. The highest BCUT2D eigenvalue weighted by Gasteiger charge is 2.43. The number of rotatable bonds is 2. The third-order valence-electron chi connectivity index (χ3n) is 3.32. The van der Waals surface area contributed by atoms with Crippen LogP contribution in [-0.4, -0.2) is 11.2 Å². The van der Waals surface area contributed by atoms with Gasteiger partial charge in [0.25, 0.3) is 0 Å². The highest BCUT2D eigenvalue weighted by atomic mass is 35.5. The second kappa shape index (κ2) is 7.05. The second-order valence-electron chi connectivity index (χ2n) is 6.25. The Kier molecular flexibility index (Phi) is 6.74. The second-order valence-corrected chi connectivity index (χ2v) is 6.25. The summed E-state index contributed by atoms with van der Waals surface area (Å²) in [6.45, 7) is 4.35. The molecule has 0 unspecified atom stereocenters. The number of halogens is 8. The Bertz CT molecular complexity index is 578. The van der Waals surface area contributed by atoms with Crippen molar-refractivity contribution < 1.29 is 35.8 Å². The SMILES string of the molecule is CC(C)(C)[C@@H](O)[C@@H](N)c1c(F)cc(C(F)(F)F)cc1C(F)(F)F.Cl. The van der Waals surface area contributed by atoms with Crippen molar-refractivity contribution in [3.8, 4) is 0 Å². The Morgan fingerprint density at radius 1 is 0.958 bits per heavy atom. The zero-order valence-electron chi connectivity index (χ0n) is 12.9. The fourth-order valence-electron chi connectivity index (χ4n) is 2.05. The average molecular weight is 384 g/mol. The van der Waals surface area contributed by atoms with Crippen molar-refractivity contribution in [3.63, 3.8) is 0 Å². The molecule has 0 aliphatic rings. The summed E-state index contributed by atoms with van der Waals surface area (Å²) in [4.78, 5) is 0.